The average Bonchev–Trinajstić information content (AvgIpc) is 2.92. The van der Waals surface area contributed by atoms with Crippen molar-refractivity contribution in [3.05, 3.63) is 99.0 Å². The first kappa shape index (κ1) is 19.8. The predicted octanol–water partition coefficient (Wildman–Crippen LogP) is 5.11. The van der Waals surface area contributed by atoms with Gasteiger partial charge in [-0.25, -0.2) is 0 Å². The van der Waals surface area contributed by atoms with Crippen LogP contribution in [0.4, 0.5) is 5.69 Å². The van der Waals surface area contributed by atoms with Gasteiger partial charge in [0, 0.05) is 20.6 Å². The maximum absolute atomic E-state index is 13.3. The highest BCUT2D eigenvalue weighted by Crippen LogP contribution is 2.43. The molecule has 29 heavy (non-hydrogen) atoms. The molecule has 0 radical (unpaired) electrons. The molecule has 6 heteroatoms. The number of ketones is 1. The quantitative estimate of drug-likeness (QED) is 0.527. The van der Waals surface area contributed by atoms with E-state index in [1.165, 1.54) is 4.90 Å². The second-order valence-electron chi connectivity index (χ2n) is 7.01. The molecule has 1 amide bonds. The predicted molar refractivity (Wildman–Crippen MR) is 116 cm³/mol. The molecule has 4 rings (SSSR count). The normalized spacial score (nSPS) is 18.0. The number of aliphatic hydroxyl groups is 1. The zero-order valence-electron chi connectivity index (χ0n) is 15.3. The molecule has 1 N–H and O–H groups in total. The van der Waals surface area contributed by atoms with Gasteiger partial charge in [0.25, 0.3) is 5.91 Å². The largest absolute Gasteiger partial charge is 0.375 e. The molecule has 146 valence electrons. The van der Waals surface area contributed by atoms with Gasteiger partial charge in [-0.2, -0.15) is 0 Å². The third kappa shape index (κ3) is 3.73. The van der Waals surface area contributed by atoms with Crippen molar-refractivity contribution in [2.45, 2.75) is 18.6 Å². The minimum atomic E-state index is -1.90. The molecule has 1 atom stereocenters. The van der Waals surface area contributed by atoms with Gasteiger partial charge in [0.1, 0.15) is 0 Å². The number of rotatable bonds is 5. The summed E-state index contributed by atoms with van der Waals surface area (Å²) in [6.45, 7) is 0.278. The van der Waals surface area contributed by atoms with E-state index in [2.05, 4.69) is 15.9 Å². The van der Waals surface area contributed by atoms with Gasteiger partial charge in [-0.05, 0) is 35.9 Å². The van der Waals surface area contributed by atoms with Crippen LogP contribution in [0.3, 0.4) is 0 Å². The molecule has 0 saturated carbocycles. The van der Waals surface area contributed by atoms with Gasteiger partial charge >= 0.3 is 0 Å². The second kappa shape index (κ2) is 7.75. The SMILES string of the molecule is O=C(C[C@@]1(O)C(=O)N(Cc2ccc(Cl)cc2)c2ccccc21)c1cccc(Br)c1. The van der Waals surface area contributed by atoms with Crippen LogP contribution in [0.15, 0.2) is 77.3 Å². The van der Waals surface area contributed by atoms with Gasteiger partial charge in [-0.3, -0.25) is 9.59 Å². The molecule has 1 aliphatic heterocycles. The topological polar surface area (TPSA) is 57.6 Å². The van der Waals surface area contributed by atoms with Crippen LogP contribution in [0.2, 0.25) is 5.02 Å². The van der Waals surface area contributed by atoms with Crippen LogP contribution in [-0.4, -0.2) is 16.8 Å². The number of carbonyl (C=O) groups excluding carboxylic acids is 2. The number of fused-ring (bicyclic) bond motifs is 1. The van der Waals surface area contributed by atoms with E-state index >= 15 is 0 Å². The van der Waals surface area contributed by atoms with Crippen molar-refractivity contribution in [3.63, 3.8) is 0 Å². The molecular formula is C23H17BrClNO3. The molecule has 0 saturated heterocycles. The van der Waals surface area contributed by atoms with Crippen LogP contribution >= 0.6 is 27.5 Å². The molecule has 0 fully saturated rings. The van der Waals surface area contributed by atoms with Crippen LogP contribution in [0.25, 0.3) is 0 Å². The van der Waals surface area contributed by atoms with Gasteiger partial charge in [0.15, 0.2) is 11.4 Å². The lowest BCUT2D eigenvalue weighted by atomic mass is 9.88. The monoisotopic (exact) mass is 469 g/mol. The smallest absolute Gasteiger partial charge is 0.264 e. The second-order valence-corrected chi connectivity index (χ2v) is 8.36. The van der Waals surface area contributed by atoms with E-state index in [-0.39, 0.29) is 18.7 Å². The molecule has 0 spiro atoms. The standard InChI is InChI=1S/C23H17BrClNO3/c24-17-5-3-4-16(12-17)21(27)13-23(29)19-6-1-2-7-20(19)26(22(23)28)14-15-8-10-18(25)11-9-15/h1-12,29H,13-14H2/t23-/m0/s1. The van der Waals surface area contributed by atoms with Crippen molar-refractivity contribution in [1.82, 2.24) is 0 Å². The Morgan fingerprint density at radius 2 is 1.76 bits per heavy atom. The van der Waals surface area contributed by atoms with Gasteiger partial charge < -0.3 is 10.0 Å². The van der Waals surface area contributed by atoms with E-state index < -0.39 is 11.5 Å². The maximum Gasteiger partial charge on any atom is 0.264 e. The highest BCUT2D eigenvalue weighted by atomic mass is 79.9. The lowest BCUT2D eigenvalue weighted by Gasteiger charge is -2.23. The summed E-state index contributed by atoms with van der Waals surface area (Å²) in [6.07, 6.45) is -0.323. The summed E-state index contributed by atoms with van der Waals surface area (Å²) in [4.78, 5) is 27.6. The molecule has 1 aliphatic rings. The van der Waals surface area contributed by atoms with Crippen molar-refractivity contribution in [1.29, 1.82) is 0 Å². The van der Waals surface area contributed by atoms with Crippen molar-refractivity contribution in [3.8, 4) is 0 Å². The summed E-state index contributed by atoms with van der Waals surface area (Å²) < 4.78 is 0.762. The Hall–Kier alpha value is -2.47. The number of nitrogens with zero attached hydrogens (tertiary/aromatic N) is 1. The summed E-state index contributed by atoms with van der Waals surface area (Å²) in [5, 5.41) is 12.0. The van der Waals surface area contributed by atoms with E-state index in [4.69, 9.17) is 11.6 Å². The Morgan fingerprint density at radius 1 is 1.03 bits per heavy atom. The van der Waals surface area contributed by atoms with Crippen molar-refractivity contribution in [2.75, 3.05) is 4.90 Å². The van der Waals surface area contributed by atoms with Crippen LogP contribution in [-0.2, 0) is 16.9 Å². The summed E-state index contributed by atoms with van der Waals surface area (Å²) in [7, 11) is 0. The fourth-order valence-electron chi connectivity index (χ4n) is 3.60. The highest BCUT2D eigenvalue weighted by Gasteiger charge is 2.50. The molecule has 3 aromatic carbocycles. The van der Waals surface area contributed by atoms with Crippen LogP contribution in [0.5, 0.6) is 0 Å². The molecule has 4 nitrogen and oxygen atoms in total. The van der Waals surface area contributed by atoms with Crippen LogP contribution in [0.1, 0.15) is 27.9 Å². The Labute approximate surface area is 181 Å². The maximum atomic E-state index is 13.3. The Morgan fingerprint density at radius 3 is 2.48 bits per heavy atom. The fraction of sp³-hybridized carbons (Fsp3) is 0.130. The molecule has 0 aromatic heterocycles. The fourth-order valence-corrected chi connectivity index (χ4v) is 4.13. The van der Waals surface area contributed by atoms with E-state index in [1.54, 1.807) is 48.5 Å². The van der Waals surface area contributed by atoms with Gasteiger partial charge in [-0.1, -0.05) is 70.0 Å². The third-order valence-corrected chi connectivity index (χ3v) is 5.80. The summed E-state index contributed by atoms with van der Waals surface area (Å²) in [6, 6.07) is 21.1. The number of amides is 1. The molecule has 0 aliphatic carbocycles. The molecule has 3 aromatic rings. The Balaban J connectivity index is 1.67. The van der Waals surface area contributed by atoms with Gasteiger partial charge in [0.05, 0.1) is 18.7 Å². The van der Waals surface area contributed by atoms with Crippen LogP contribution in [0, 0.1) is 0 Å². The summed E-state index contributed by atoms with van der Waals surface area (Å²) in [5.74, 6) is -0.803. The first-order valence-electron chi connectivity index (χ1n) is 9.05. The number of carbonyl (C=O) groups is 2. The Kier molecular flexibility index (Phi) is 5.30. The van der Waals surface area contributed by atoms with Crippen molar-refractivity contribution in [2.24, 2.45) is 0 Å². The number of hydrogen-bond acceptors (Lipinski definition) is 3. The van der Waals surface area contributed by atoms with E-state index in [1.807, 2.05) is 24.3 Å². The molecule has 0 bridgehead atoms. The Bertz CT molecular complexity index is 1100. The first-order chi connectivity index (χ1) is 13.9. The third-order valence-electron chi connectivity index (χ3n) is 5.06. The zero-order valence-corrected chi connectivity index (χ0v) is 17.7. The lowest BCUT2D eigenvalue weighted by molar-refractivity contribution is -0.136. The number of para-hydroxylation sites is 1. The lowest BCUT2D eigenvalue weighted by Crippen LogP contribution is -2.41. The number of Topliss-reactive ketones (excluding diaryl/α,β-unsaturated/α-hetero) is 1. The summed E-state index contributed by atoms with van der Waals surface area (Å²) >= 11 is 9.30. The minimum Gasteiger partial charge on any atom is -0.375 e. The molecular weight excluding hydrogens is 454 g/mol. The first-order valence-corrected chi connectivity index (χ1v) is 10.2. The highest BCUT2D eigenvalue weighted by molar-refractivity contribution is 9.10. The van der Waals surface area contributed by atoms with Crippen LogP contribution < -0.4 is 4.90 Å². The van der Waals surface area contributed by atoms with Gasteiger partial charge in [-0.15, -0.1) is 0 Å². The zero-order chi connectivity index (χ0) is 20.6. The van der Waals surface area contributed by atoms with E-state index in [0.717, 1.165) is 10.0 Å². The number of benzene rings is 3. The molecule has 0 unspecified atom stereocenters. The minimum absolute atomic E-state index is 0.278. The number of anilines is 1. The van der Waals surface area contributed by atoms with Crippen molar-refractivity contribution < 1.29 is 14.7 Å². The number of hydrogen-bond donors (Lipinski definition) is 1. The van der Waals surface area contributed by atoms with Crippen molar-refractivity contribution >= 4 is 44.9 Å². The summed E-state index contributed by atoms with van der Waals surface area (Å²) in [5.41, 5.74) is 0.469. The average molecular weight is 471 g/mol. The van der Waals surface area contributed by atoms with Gasteiger partial charge in [0.2, 0.25) is 0 Å². The van der Waals surface area contributed by atoms with E-state index in [9.17, 15) is 14.7 Å². The van der Waals surface area contributed by atoms with E-state index in [0.29, 0.717) is 21.8 Å². The number of halogens is 2. The molecule has 1 heterocycles.